The zero-order chi connectivity index (χ0) is 12.4. The van der Waals surface area contributed by atoms with Gasteiger partial charge >= 0.3 is 0 Å². The molecule has 0 radical (unpaired) electrons. The van der Waals surface area contributed by atoms with E-state index in [-0.39, 0.29) is 12.4 Å². The van der Waals surface area contributed by atoms with Crippen LogP contribution in [-0.2, 0) is 6.42 Å². The van der Waals surface area contributed by atoms with E-state index < -0.39 is 0 Å². The fourth-order valence-corrected chi connectivity index (χ4v) is 2.38. The van der Waals surface area contributed by atoms with Crippen LogP contribution in [0.5, 0.6) is 0 Å². The van der Waals surface area contributed by atoms with Crippen molar-refractivity contribution in [3.05, 3.63) is 16.5 Å². The normalized spacial score (nSPS) is 12.2. The molecule has 18 heavy (non-hydrogen) atoms. The Morgan fingerprint density at radius 1 is 1.33 bits per heavy atom. The van der Waals surface area contributed by atoms with E-state index in [1.165, 1.54) is 0 Å². The van der Waals surface area contributed by atoms with Gasteiger partial charge in [-0.1, -0.05) is 5.16 Å². The van der Waals surface area contributed by atoms with Gasteiger partial charge in [0, 0.05) is 12.5 Å². The van der Waals surface area contributed by atoms with Crippen molar-refractivity contribution in [3.63, 3.8) is 0 Å². The van der Waals surface area contributed by atoms with Crippen molar-refractivity contribution < 1.29 is 4.52 Å². The maximum atomic E-state index is 5.27. The van der Waals surface area contributed by atoms with Crippen LogP contribution < -0.4 is 5.32 Å². The monoisotopic (exact) mass is 288 g/mol. The summed E-state index contributed by atoms with van der Waals surface area (Å²) in [5.41, 5.74) is 0.948. The summed E-state index contributed by atoms with van der Waals surface area (Å²) in [6, 6.07) is 0.338. The molecular weight excluding hydrogens is 272 g/mol. The maximum Gasteiger partial charge on any atom is 0.269 e. The second-order valence-corrected chi connectivity index (χ2v) is 5.26. The number of aryl methyl sites for hydroxylation is 2. The number of halogens is 1. The van der Waals surface area contributed by atoms with E-state index in [2.05, 4.69) is 27.4 Å². The third kappa shape index (κ3) is 3.28. The molecule has 7 heteroatoms. The summed E-state index contributed by atoms with van der Waals surface area (Å²) in [6.07, 6.45) is 0.761. The number of thiazole rings is 1. The molecule has 0 aromatic carbocycles. The fraction of sp³-hybridized carbons (Fsp3) is 0.545. The van der Waals surface area contributed by atoms with Crippen molar-refractivity contribution >= 4 is 23.7 Å². The van der Waals surface area contributed by atoms with E-state index in [9.17, 15) is 0 Å². The van der Waals surface area contributed by atoms with Crippen molar-refractivity contribution in [2.45, 2.75) is 33.2 Å². The van der Waals surface area contributed by atoms with Crippen LogP contribution in [0.15, 0.2) is 4.52 Å². The second-order valence-electron chi connectivity index (χ2n) is 4.06. The van der Waals surface area contributed by atoms with Crippen LogP contribution in [0.3, 0.4) is 0 Å². The SMILES string of the molecule is CNC(C)Cc1noc(-c2sc(C)nc2C)n1.Cl. The Labute approximate surface area is 116 Å². The molecule has 2 rings (SSSR count). The van der Waals surface area contributed by atoms with Crippen LogP contribution in [0.1, 0.15) is 23.4 Å². The minimum absolute atomic E-state index is 0. The molecule has 0 saturated carbocycles. The first kappa shape index (κ1) is 15.1. The Bertz CT molecular complexity index is 511. The van der Waals surface area contributed by atoms with Crippen LogP contribution >= 0.6 is 23.7 Å². The first-order valence-electron chi connectivity index (χ1n) is 5.54. The number of nitrogens with one attached hydrogen (secondary N) is 1. The van der Waals surface area contributed by atoms with E-state index in [4.69, 9.17) is 4.52 Å². The number of likely N-dealkylation sites (N-methyl/N-ethyl adjacent to an activating group) is 1. The predicted molar refractivity (Wildman–Crippen MR) is 74.4 cm³/mol. The highest BCUT2D eigenvalue weighted by Gasteiger charge is 2.15. The zero-order valence-electron chi connectivity index (χ0n) is 10.9. The van der Waals surface area contributed by atoms with Crippen LogP contribution in [0, 0.1) is 13.8 Å². The molecule has 2 heterocycles. The van der Waals surface area contributed by atoms with Crippen molar-refractivity contribution in [2.24, 2.45) is 0 Å². The van der Waals surface area contributed by atoms with Crippen molar-refractivity contribution in [2.75, 3.05) is 7.05 Å². The molecule has 0 aliphatic heterocycles. The molecule has 0 aliphatic rings. The largest absolute Gasteiger partial charge is 0.333 e. The Morgan fingerprint density at radius 3 is 2.61 bits per heavy atom. The van der Waals surface area contributed by atoms with Gasteiger partial charge in [-0.3, -0.25) is 0 Å². The first-order valence-corrected chi connectivity index (χ1v) is 6.36. The Morgan fingerprint density at radius 2 is 2.06 bits per heavy atom. The Hall–Kier alpha value is -0.980. The summed E-state index contributed by atoms with van der Waals surface area (Å²) >= 11 is 1.58. The molecule has 100 valence electrons. The molecule has 0 saturated heterocycles. The van der Waals surface area contributed by atoms with E-state index in [1.807, 2.05) is 20.9 Å². The molecule has 5 nitrogen and oxygen atoms in total. The highest BCUT2D eigenvalue weighted by molar-refractivity contribution is 7.15. The number of rotatable bonds is 4. The second kappa shape index (κ2) is 6.26. The van der Waals surface area contributed by atoms with E-state index in [0.29, 0.717) is 11.9 Å². The van der Waals surface area contributed by atoms with Crippen molar-refractivity contribution in [1.29, 1.82) is 0 Å². The number of aromatic nitrogens is 3. The van der Waals surface area contributed by atoms with Gasteiger partial charge in [0.1, 0.15) is 4.88 Å². The molecular formula is C11H17ClN4OS. The van der Waals surface area contributed by atoms with E-state index in [1.54, 1.807) is 11.3 Å². The van der Waals surface area contributed by atoms with Gasteiger partial charge in [-0.25, -0.2) is 4.98 Å². The highest BCUT2D eigenvalue weighted by Crippen LogP contribution is 2.28. The summed E-state index contributed by atoms with van der Waals surface area (Å²) in [5.74, 6) is 1.30. The van der Waals surface area contributed by atoms with Gasteiger partial charge in [0.15, 0.2) is 5.82 Å². The molecule has 0 bridgehead atoms. The lowest BCUT2D eigenvalue weighted by atomic mass is 10.2. The van der Waals surface area contributed by atoms with Crippen LogP contribution in [0.25, 0.3) is 10.8 Å². The average Bonchev–Trinajstić information content (AvgIpc) is 2.85. The standard InChI is InChI=1S/C11H16N4OS.ClH/c1-6(12-4)5-9-14-11(16-15-9)10-7(2)13-8(3)17-10;/h6,12H,5H2,1-4H3;1H. The van der Waals surface area contributed by atoms with Gasteiger partial charge in [0.2, 0.25) is 0 Å². The first-order chi connectivity index (χ1) is 8.10. The minimum Gasteiger partial charge on any atom is -0.333 e. The van der Waals surface area contributed by atoms with Crippen LogP contribution in [0.2, 0.25) is 0 Å². The van der Waals surface area contributed by atoms with Gasteiger partial charge in [-0.15, -0.1) is 23.7 Å². The molecule has 0 amide bonds. The summed E-state index contributed by atoms with van der Waals surface area (Å²) < 4.78 is 5.27. The average molecular weight is 289 g/mol. The molecule has 2 aromatic rings. The lowest BCUT2D eigenvalue weighted by Gasteiger charge is -2.04. The molecule has 0 aliphatic carbocycles. The molecule has 1 unspecified atom stereocenters. The van der Waals surface area contributed by atoms with Gasteiger partial charge in [-0.2, -0.15) is 4.98 Å². The zero-order valence-corrected chi connectivity index (χ0v) is 12.5. The highest BCUT2D eigenvalue weighted by atomic mass is 35.5. The lowest BCUT2D eigenvalue weighted by molar-refractivity contribution is 0.418. The Balaban J connectivity index is 0.00000162. The summed E-state index contributed by atoms with van der Waals surface area (Å²) in [5, 5.41) is 8.14. The molecule has 1 N–H and O–H groups in total. The number of nitrogens with zero attached hydrogens (tertiary/aromatic N) is 3. The predicted octanol–water partition coefficient (Wildman–Crippen LogP) is 2.38. The molecule has 2 aromatic heterocycles. The van der Waals surface area contributed by atoms with Crippen LogP contribution in [0.4, 0.5) is 0 Å². The third-order valence-corrected chi connectivity index (χ3v) is 3.61. The topological polar surface area (TPSA) is 63.8 Å². The van der Waals surface area contributed by atoms with Crippen LogP contribution in [-0.4, -0.2) is 28.2 Å². The molecule has 0 spiro atoms. The Kier molecular flexibility index (Phi) is 5.25. The lowest BCUT2D eigenvalue weighted by Crippen LogP contribution is -2.24. The smallest absolute Gasteiger partial charge is 0.269 e. The van der Waals surface area contributed by atoms with Gasteiger partial charge in [0.05, 0.1) is 10.7 Å². The van der Waals surface area contributed by atoms with Gasteiger partial charge < -0.3 is 9.84 Å². The van der Waals surface area contributed by atoms with E-state index in [0.717, 1.165) is 27.8 Å². The van der Waals surface area contributed by atoms with E-state index >= 15 is 0 Å². The molecule has 0 fully saturated rings. The summed E-state index contributed by atoms with van der Waals surface area (Å²) in [6.45, 7) is 6.01. The third-order valence-electron chi connectivity index (χ3n) is 2.55. The fourth-order valence-electron chi connectivity index (χ4n) is 1.53. The summed E-state index contributed by atoms with van der Waals surface area (Å²) in [4.78, 5) is 9.72. The molecule has 1 atom stereocenters. The number of hydrogen-bond donors (Lipinski definition) is 1. The minimum atomic E-state index is 0. The number of hydrogen-bond acceptors (Lipinski definition) is 6. The maximum absolute atomic E-state index is 5.27. The summed E-state index contributed by atoms with van der Waals surface area (Å²) in [7, 11) is 1.92. The van der Waals surface area contributed by atoms with Gasteiger partial charge in [-0.05, 0) is 27.8 Å². The van der Waals surface area contributed by atoms with Crippen molar-refractivity contribution in [1.82, 2.24) is 20.4 Å². The quantitative estimate of drug-likeness (QED) is 0.936. The van der Waals surface area contributed by atoms with Gasteiger partial charge in [0.25, 0.3) is 5.89 Å². The van der Waals surface area contributed by atoms with Crippen molar-refractivity contribution in [3.8, 4) is 10.8 Å².